The number of hydrogen-bond acceptors (Lipinski definition) is 2. The molecule has 11 aromatic carbocycles. The van der Waals surface area contributed by atoms with Crippen LogP contribution in [0.4, 0.5) is 17.1 Å². The average molecular weight is 790 g/mol. The molecule has 0 amide bonds. The summed E-state index contributed by atoms with van der Waals surface area (Å²) in [7, 11) is 0. The van der Waals surface area contributed by atoms with Crippen LogP contribution in [0.3, 0.4) is 0 Å². The summed E-state index contributed by atoms with van der Waals surface area (Å²) in [5.74, 6) is 0. The van der Waals surface area contributed by atoms with Crippen LogP contribution in [0.5, 0.6) is 0 Å². The zero-order chi connectivity index (χ0) is 41.0. The highest BCUT2D eigenvalue weighted by atomic mass is 16.3. The van der Waals surface area contributed by atoms with Gasteiger partial charge in [0.1, 0.15) is 11.2 Å². The molecule has 0 spiro atoms. The lowest BCUT2D eigenvalue weighted by Crippen LogP contribution is -2.11. The minimum Gasteiger partial charge on any atom is -0.456 e. The lowest BCUT2D eigenvalue weighted by Gasteiger charge is -2.28. The topological polar surface area (TPSA) is 16.4 Å². The van der Waals surface area contributed by atoms with Gasteiger partial charge in [-0.15, -0.1) is 0 Å². The van der Waals surface area contributed by atoms with Gasteiger partial charge in [-0.1, -0.05) is 176 Å². The maximum Gasteiger partial charge on any atom is 0.136 e. The highest BCUT2D eigenvalue weighted by Gasteiger charge is 2.21. The van der Waals surface area contributed by atoms with Crippen LogP contribution in [0, 0.1) is 0 Å². The molecule has 290 valence electrons. The van der Waals surface area contributed by atoms with Crippen molar-refractivity contribution in [1.82, 2.24) is 0 Å². The first-order valence-electron chi connectivity index (χ1n) is 21.2. The van der Waals surface area contributed by atoms with Crippen LogP contribution in [0.25, 0.3) is 98.8 Å². The molecule has 0 bridgehead atoms. The second-order valence-electron chi connectivity index (χ2n) is 16.1. The minimum atomic E-state index is 0.877. The lowest BCUT2D eigenvalue weighted by atomic mass is 9.94. The molecule has 2 nitrogen and oxygen atoms in total. The van der Waals surface area contributed by atoms with Crippen molar-refractivity contribution >= 4 is 71.3 Å². The van der Waals surface area contributed by atoms with Gasteiger partial charge in [-0.3, -0.25) is 0 Å². The molecule has 1 heterocycles. The molecule has 0 aliphatic rings. The van der Waals surface area contributed by atoms with Gasteiger partial charge in [0.15, 0.2) is 0 Å². The lowest BCUT2D eigenvalue weighted by molar-refractivity contribution is 0.669. The van der Waals surface area contributed by atoms with Crippen LogP contribution >= 0.6 is 0 Å². The van der Waals surface area contributed by atoms with Crippen LogP contribution in [0.2, 0.25) is 0 Å². The van der Waals surface area contributed by atoms with Crippen molar-refractivity contribution in [2.75, 3.05) is 4.90 Å². The number of benzene rings is 11. The van der Waals surface area contributed by atoms with Gasteiger partial charge in [0, 0.05) is 27.7 Å². The van der Waals surface area contributed by atoms with Crippen LogP contribution in [0.1, 0.15) is 0 Å². The molecule has 0 aliphatic heterocycles. The number of nitrogens with zero attached hydrogens (tertiary/aromatic N) is 1. The summed E-state index contributed by atoms with van der Waals surface area (Å²) in [6.45, 7) is 0. The van der Waals surface area contributed by atoms with Gasteiger partial charge in [0.25, 0.3) is 0 Å². The van der Waals surface area contributed by atoms with E-state index in [2.05, 4.69) is 241 Å². The molecule has 12 rings (SSSR count). The molecule has 0 saturated carbocycles. The normalized spacial score (nSPS) is 11.5. The van der Waals surface area contributed by atoms with Gasteiger partial charge in [0.2, 0.25) is 0 Å². The molecule has 2 heteroatoms. The fraction of sp³-hybridized carbons (Fsp3) is 0. The van der Waals surface area contributed by atoms with E-state index in [1.807, 2.05) is 0 Å². The Hall–Kier alpha value is -8.20. The van der Waals surface area contributed by atoms with Gasteiger partial charge < -0.3 is 9.32 Å². The van der Waals surface area contributed by atoms with E-state index in [0.29, 0.717) is 0 Å². The second-order valence-corrected chi connectivity index (χ2v) is 16.1. The predicted molar refractivity (Wildman–Crippen MR) is 263 cm³/mol. The molecule has 0 N–H and O–H groups in total. The molecular weight excluding hydrogens is 751 g/mol. The molecular formula is C60H39NO. The fourth-order valence-corrected chi connectivity index (χ4v) is 9.40. The Morgan fingerprint density at radius 2 is 0.855 bits per heavy atom. The molecule has 12 aromatic rings. The monoisotopic (exact) mass is 789 g/mol. The number of fused-ring (bicyclic) bond motifs is 6. The van der Waals surface area contributed by atoms with Crippen LogP contribution in [0.15, 0.2) is 241 Å². The van der Waals surface area contributed by atoms with Gasteiger partial charge in [0.05, 0.1) is 5.69 Å². The van der Waals surface area contributed by atoms with Crippen LogP contribution < -0.4 is 4.90 Å². The van der Waals surface area contributed by atoms with E-state index >= 15 is 0 Å². The summed E-state index contributed by atoms with van der Waals surface area (Å²) in [4.78, 5) is 2.41. The number of rotatable bonds is 7. The molecule has 0 radical (unpaired) electrons. The van der Waals surface area contributed by atoms with Gasteiger partial charge >= 0.3 is 0 Å². The molecule has 1 aromatic heterocycles. The van der Waals surface area contributed by atoms with Crippen molar-refractivity contribution in [3.8, 4) is 44.5 Å². The van der Waals surface area contributed by atoms with E-state index in [0.717, 1.165) is 61.3 Å². The summed E-state index contributed by atoms with van der Waals surface area (Å²) < 4.78 is 6.59. The standard InChI is InChI=1S/C60H39NO/c1-2-15-43-35-48(30-29-40(43)13-1)45-20-10-22-51(37-45)61(50-33-31-41(32-34-50)44-19-9-21-49(36-44)53-25-11-18-42-14-5-6-23-52(42)53)57-27-8-7-24-54(57)55-26-12-28-58-60(55)56-38-46-16-3-4-17-47(46)39-59(56)62-58/h1-39H. The molecule has 0 saturated heterocycles. The van der Waals surface area contributed by atoms with E-state index < -0.39 is 0 Å². The van der Waals surface area contributed by atoms with Crippen molar-refractivity contribution in [3.63, 3.8) is 0 Å². The molecule has 0 fully saturated rings. The van der Waals surface area contributed by atoms with Crippen LogP contribution in [-0.2, 0) is 0 Å². The zero-order valence-corrected chi connectivity index (χ0v) is 33.9. The fourth-order valence-electron chi connectivity index (χ4n) is 9.40. The number of para-hydroxylation sites is 1. The van der Waals surface area contributed by atoms with Crippen molar-refractivity contribution in [3.05, 3.63) is 237 Å². The maximum absolute atomic E-state index is 6.59. The Kier molecular flexibility index (Phi) is 8.53. The van der Waals surface area contributed by atoms with E-state index in [1.54, 1.807) is 0 Å². The minimum absolute atomic E-state index is 0.877. The van der Waals surface area contributed by atoms with E-state index in [1.165, 1.54) is 54.6 Å². The first-order chi connectivity index (χ1) is 30.7. The first-order valence-corrected chi connectivity index (χ1v) is 21.2. The highest BCUT2D eigenvalue weighted by molar-refractivity contribution is 6.16. The third-order valence-electron chi connectivity index (χ3n) is 12.4. The molecule has 0 atom stereocenters. The quantitative estimate of drug-likeness (QED) is 0.160. The Morgan fingerprint density at radius 1 is 0.274 bits per heavy atom. The summed E-state index contributed by atoms with van der Waals surface area (Å²) in [6.07, 6.45) is 0. The van der Waals surface area contributed by atoms with Gasteiger partial charge in [-0.2, -0.15) is 0 Å². The molecule has 62 heavy (non-hydrogen) atoms. The summed E-state index contributed by atoms with van der Waals surface area (Å²) in [5, 5.41) is 9.56. The van der Waals surface area contributed by atoms with E-state index in [-0.39, 0.29) is 0 Å². The summed E-state index contributed by atoms with van der Waals surface area (Å²) in [5.41, 5.74) is 14.4. The van der Waals surface area contributed by atoms with E-state index in [4.69, 9.17) is 4.42 Å². The largest absolute Gasteiger partial charge is 0.456 e. The SMILES string of the molecule is c1cc(-c2ccc(N(c3cccc(-c4ccc5ccccc5c4)c3)c3ccccc3-c3cccc4oc5cc6ccccc6cc5c34)cc2)cc(-c2cccc3ccccc23)c1. The third-order valence-corrected chi connectivity index (χ3v) is 12.4. The highest BCUT2D eigenvalue weighted by Crippen LogP contribution is 2.46. The smallest absolute Gasteiger partial charge is 0.136 e. The number of hydrogen-bond donors (Lipinski definition) is 0. The maximum atomic E-state index is 6.59. The Balaban J connectivity index is 1.02. The molecule has 0 aliphatic carbocycles. The number of furan rings is 1. The van der Waals surface area contributed by atoms with Gasteiger partial charge in [-0.05, 0) is 132 Å². The second kappa shape index (κ2) is 14.8. The van der Waals surface area contributed by atoms with Crippen molar-refractivity contribution < 1.29 is 4.42 Å². The van der Waals surface area contributed by atoms with Crippen molar-refractivity contribution in [1.29, 1.82) is 0 Å². The first kappa shape index (κ1) is 35.7. The Bertz CT molecular complexity index is 3650. The Labute approximate surface area is 360 Å². The van der Waals surface area contributed by atoms with E-state index in [9.17, 15) is 0 Å². The van der Waals surface area contributed by atoms with Crippen LogP contribution in [-0.4, -0.2) is 0 Å². The number of anilines is 3. The zero-order valence-electron chi connectivity index (χ0n) is 33.9. The van der Waals surface area contributed by atoms with Crippen molar-refractivity contribution in [2.45, 2.75) is 0 Å². The average Bonchev–Trinajstić information content (AvgIpc) is 3.71. The third kappa shape index (κ3) is 6.20. The molecule has 0 unspecified atom stereocenters. The van der Waals surface area contributed by atoms with Crippen molar-refractivity contribution in [2.24, 2.45) is 0 Å². The summed E-state index contributed by atoms with van der Waals surface area (Å²) >= 11 is 0. The predicted octanol–water partition coefficient (Wildman–Crippen LogP) is 17.2. The van der Waals surface area contributed by atoms with Gasteiger partial charge in [-0.25, -0.2) is 0 Å². The summed E-state index contributed by atoms with van der Waals surface area (Å²) in [6, 6.07) is 85.6. The Morgan fingerprint density at radius 3 is 1.71 bits per heavy atom.